The van der Waals surface area contributed by atoms with Crippen molar-refractivity contribution in [1.29, 1.82) is 0 Å². The normalized spacial score (nSPS) is 23.4. The highest BCUT2D eigenvalue weighted by molar-refractivity contribution is 7.19. The third-order valence-corrected chi connectivity index (χ3v) is 7.67. The van der Waals surface area contributed by atoms with E-state index in [-0.39, 0.29) is 0 Å². The van der Waals surface area contributed by atoms with Crippen LogP contribution in [0.1, 0.15) is 56.2 Å². The number of ether oxygens (including phenoxy) is 4. The van der Waals surface area contributed by atoms with Crippen LogP contribution in [0.3, 0.4) is 0 Å². The van der Waals surface area contributed by atoms with Gasteiger partial charge in [-0.1, -0.05) is 48.9 Å². The van der Waals surface area contributed by atoms with Crippen LogP contribution in [0.5, 0.6) is 0 Å². The van der Waals surface area contributed by atoms with Gasteiger partial charge in [0, 0.05) is 41.8 Å². The molecule has 0 aliphatic carbocycles. The van der Waals surface area contributed by atoms with Gasteiger partial charge in [0.2, 0.25) is 0 Å². The van der Waals surface area contributed by atoms with Gasteiger partial charge in [0.1, 0.15) is 6.10 Å². The van der Waals surface area contributed by atoms with Gasteiger partial charge >= 0.3 is 17.9 Å². The molecule has 0 unspecified atom stereocenters. The summed E-state index contributed by atoms with van der Waals surface area (Å²) in [5.74, 6) is -1.72. The number of thiophene rings is 1. The maximum atomic E-state index is 12.1. The van der Waals surface area contributed by atoms with Crippen molar-refractivity contribution >= 4 is 50.9 Å². The molecule has 1 saturated heterocycles. The monoisotopic (exact) mass is 544 g/mol. The van der Waals surface area contributed by atoms with Crippen LogP contribution in [-0.4, -0.2) is 42.3 Å². The minimum atomic E-state index is -1.05. The number of hydrogen-bond acceptors (Lipinski definition) is 8. The minimum Gasteiger partial charge on any atom is -0.456 e. The zero-order valence-corrected chi connectivity index (χ0v) is 22.6. The van der Waals surface area contributed by atoms with E-state index in [2.05, 4.69) is 18.2 Å². The van der Waals surface area contributed by atoms with Crippen LogP contribution in [0.2, 0.25) is 5.02 Å². The molecule has 0 saturated carbocycles. The number of rotatable bonds is 7. The topological polar surface area (TPSA) is 88.1 Å². The van der Waals surface area contributed by atoms with Crippen LogP contribution in [0.25, 0.3) is 10.1 Å². The van der Waals surface area contributed by atoms with Crippen LogP contribution in [0.4, 0.5) is 0 Å². The molecule has 1 aliphatic heterocycles. The van der Waals surface area contributed by atoms with E-state index >= 15 is 0 Å². The van der Waals surface area contributed by atoms with Crippen molar-refractivity contribution in [2.45, 2.75) is 71.1 Å². The molecule has 0 radical (unpaired) electrons. The van der Waals surface area contributed by atoms with Crippen molar-refractivity contribution in [3.05, 3.63) is 69.6 Å². The highest BCUT2D eigenvalue weighted by Crippen LogP contribution is 2.40. The van der Waals surface area contributed by atoms with Gasteiger partial charge < -0.3 is 18.9 Å². The van der Waals surface area contributed by atoms with Crippen LogP contribution < -0.4 is 0 Å². The number of carbonyl (C=O) groups is 3. The van der Waals surface area contributed by atoms with Crippen molar-refractivity contribution in [2.24, 2.45) is 0 Å². The molecule has 1 fully saturated rings. The SMILES string of the molecule is CC[C@H]1O[C@@H](c2ccc(Cl)c(Cc3cc4ccccc4s3)c2)[C@H](OC(C)=O)[C@@H](OC(C)=O)[C@@H]1OC(C)=O. The first-order valence-corrected chi connectivity index (χ1v) is 13.3. The Morgan fingerprint density at radius 1 is 0.892 bits per heavy atom. The Morgan fingerprint density at radius 3 is 2.19 bits per heavy atom. The Hall–Kier alpha value is -2.94. The Bertz CT molecular complexity index is 1270. The lowest BCUT2D eigenvalue weighted by molar-refractivity contribution is -0.249. The maximum Gasteiger partial charge on any atom is 0.303 e. The largest absolute Gasteiger partial charge is 0.456 e. The molecule has 196 valence electrons. The molecule has 0 amide bonds. The van der Waals surface area contributed by atoms with E-state index < -0.39 is 48.4 Å². The summed E-state index contributed by atoms with van der Waals surface area (Å²) in [6, 6.07) is 15.8. The van der Waals surface area contributed by atoms with Crippen molar-refractivity contribution < 1.29 is 33.3 Å². The summed E-state index contributed by atoms with van der Waals surface area (Å²) in [4.78, 5) is 37.1. The zero-order valence-electron chi connectivity index (χ0n) is 21.1. The van der Waals surface area contributed by atoms with Gasteiger partial charge in [-0.15, -0.1) is 11.3 Å². The lowest BCUT2D eigenvalue weighted by Gasteiger charge is -2.44. The number of benzene rings is 2. The summed E-state index contributed by atoms with van der Waals surface area (Å²) in [5, 5.41) is 1.77. The molecule has 9 heteroatoms. The van der Waals surface area contributed by atoms with Gasteiger partial charge in [-0.25, -0.2) is 0 Å². The Morgan fingerprint density at radius 2 is 1.54 bits per heavy atom. The van der Waals surface area contributed by atoms with Crippen LogP contribution in [0.15, 0.2) is 48.5 Å². The summed E-state index contributed by atoms with van der Waals surface area (Å²) in [6.07, 6.45) is -3.30. The predicted molar refractivity (Wildman–Crippen MR) is 141 cm³/mol. The Balaban J connectivity index is 1.72. The van der Waals surface area contributed by atoms with Gasteiger partial charge in [0.05, 0.1) is 6.10 Å². The molecule has 7 nitrogen and oxygen atoms in total. The molecular weight excluding hydrogens is 516 g/mol. The first-order valence-electron chi connectivity index (χ1n) is 12.1. The summed E-state index contributed by atoms with van der Waals surface area (Å²) in [5.41, 5.74) is 1.60. The number of esters is 3. The van der Waals surface area contributed by atoms with Crippen molar-refractivity contribution in [1.82, 2.24) is 0 Å². The second kappa shape index (κ2) is 11.6. The second-order valence-electron chi connectivity index (χ2n) is 9.00. The van der Waals surface area contributed by atoms with E-state index in [9.17, 15) is 14.4 Å². The Labute approximate surface area is 224 Å². The molecule has 37 heavy (non-hydrogen) atoms. The summed E-state index contributed by atoms with van der Waals surface area (Å²) >= 11 is 8.29. The number of halogens is 1. The van der Waals surface area contributed by atoms with Gasteiger partial charge in [-0.3, -0.25) is 14.4 Å². The third kappa shape index (κ3) is 6.32. The van der Waals surface area contributed by atoms with Crippen LogP contribution in [-0.2, 0) is 39.8 Å². The highest BCUT2D eigenvalue weighted by Gasteiger charge is 2.51. The van der Waals surface area contributed by atoms with Crippen molar-refractivity contribution in [3.63, 3.8) is 0 Å². The molecule has 1 aromatic heterocycles. The molecule has 0 N–H and O–H groups in total. The van der Waals surface area contributed by atoms with Gasteiger partial charge in [-0.2, -0.15) is 0 Å². The first-order chi connectivity index (χ1) is 17.7. The summed E-state index contributed by atoms with van der Waals surface area (Å²) < 4.78 is 24.3. The van der Waals surface area contributed by atoms with Crippen molar-refractivity contribution in [2.75, 3.05) is 0 Å². The Kier molecular flexibility index (Phi) is 8.52. The van der Waals surface area contributed by atoms with E-state index in [1.54, 1.807) is 17.4 Å². The fourth-order valence-electron chi connectivity index (χ4n) is 4.71. The first kappa shape index (κ1) is 27.1. The molecule has 5 atom stereocenters. The highest BCUT2D eigenvalue weighted by atomic mass is 35.5. The number of carbonyl (C=O) groups excluding carboxylic acids is 3. The minimum absolute atomic E-state index is 0.473. The number of hydrogen-bond donors (Lipinski definition) is 0. The fourth-order valence-corrected chi connectivity index (χ4v) is 5.98. The lowest BCUT2D eigenvalue weighted by atomic mass is 9.88. The van der Waals surface area contributed by atoms with Crippen LogP contribution >= 0.6 is 22.9 Å². The van der Waals surface area contributed by atoms with Crippen molar-refractivity contribution in [3.8, 4) is 0 Å². The molecule has 2 aromatic carbocycles. The average molecular weight is 545 g/mol. The molecule has 0 spiro atoms. The molecule has 3 aromatic rings. The van der Waals surface area contributed by atoms with E-state index in [0.29, 0.717) is 23.4 Å². The average Bonchev–Trinajstić information content (AvgIpc) is 3.24. The second-order valence-corrected chi connectivity index (χ2v) is 10.6. The van der Waals surface area contributed by atoms with E-state index in [1.165, 1.54) is 30.9 Å². The smallest absolute Gasteiger partial charge is 0.303 e. The molecule has 0 bridgehead atoms. The van der Waals surface area contributed by atoms with Crippen LogP contribution in [0, 0.1) is 0 Å². The van der Waals surface area contributed by atoms with Gasteiger partial charge in [0.15, 0.2) is 18.3 Å². The molecule has 4 rings (SSSR count). The predicted octanol–water partition coefficient (Wildman–Crippen LogP) is 5.79. The van der Waals surface area contributed by atoms with Gasteiger partial charge in [0.25, 0.3) is 0 Å². The quantitative estimate of drug-likeness (QED) is 0.275. The molecule has 2 heterocycles. The maximum absolute atomic E-state index is 12.1. The van der Waals surface area contributed by atoms with E-state index in [0.717, 1.165) is 10.4 Å². The fraction of sp³-hybridized carbons (Fsp3) is 0.393. The summed E-state index contributed by atoms with van der Waals surface area (Å²) in [6.45, 7) is 5.67. The standard InChI is InChI=1S/C28H29ClO7S/c1-5-23-26(33-15(2)30)28(35-17(4)32)27(34-16(3)31)25(36-23)19-10-11-22(29)20(12-19)14-21-13-18-8-6-7-9-24(18)37-21/h6-13,23,25-28H,5,14H2,1-4H3/t23-,25+,26-,27+,28+/m1/s1. The van der Waals surface area contributed by atoms with Gasteiger partial charge in [-0.05, 0) is 41.1 Å². The number of fused-ring (bicyclic) bond motifs is 1. The summed E-state index contributed by atoms with van der Waals surface area (Å²) in [7, 11) is 0. The molecular formula is C28H29ClO7S. The third-order valence-electron chi connectivity index (χ3n) is 6.18. The van der Waals surface area contributed by atoms with E-state index in [1.807, 2.05) is 31.2 Å². The zero-order chi connectivity index (χ0) is 26.7. The molecule has 1 aliphatic rings. The lowest BCUT2D eigenvalue weighted by Crippen LogP contribution is -2.58. The van der Waals surface area contributed by atoms with E-state index in [4.69, 9.17) is 30.5 Å².